The van der Waals surface area contributed by atoms with Crippen LogP contribution in [0.5, 0.6) is 0 Å². The summed E-state index contributed by atoms with van der Waals surface area (Å²) < 4.78 is 0. The number of ketones is 1. The van der Waals surface area contributed by atoms with E-state index in [1.54, 1.807) is 0 Å². The predicted octanol–water partition coefficient (Wildman–Crippen LogP) is 2.62. The van der Waals surface area contributed by atoms with Crippen LogP contribution in [0.15, 0.2) is 0 Å². The Balaban J connectivity index is 1.54. The highest BCUT2D eigenvalue weighted by atomic mass is 16.1. The first-order valence-electron chi connectivity index (χ1n) is 7.07. The van der Waals surface area contributed by atoms with Crippen molar-refractivity contribution in [3.05, 3.63) is 0 Å². The van der Waals surface area contributed by atoms with Gasteiger partial charge in [-0.1, -0.05) is 0 Å². The molecule has 0 saturated heterocycles. The van der Waals surface area contributed by atoms with Crippen LogP contribution in [0, 0.1) is 11.8 Å². The molecule has 3 saturated carbocycles. The third-order valence-corrected chi connectivity index (χ3v) is 4.41. The summed E-state index contributed by atoms with van der Waals surface area (Å²) in [7, 11) is 0. The molecule has 3 aliphatic carbocycles. The second kappa shape index (κ2) is 4.48. The van der Waals surface area contributed by atoms with E-state index in [4.69, 9.17) is 0 Å². The van der Waals surface area contributed by atoms with Crippen molar-refractivity contribution in [3.8, 4) is 0 Å². The average molecular weight is 221 g/mol. The largest absolute Gasteiger partial charge is 0.300 e. The monoisotopic (exact) mass is 221 g/mol. The van der Waals surface area contributed by atoms with E-state index in [1.165, 1.54) is 38.8 Å². The number of carbonyl (C=O) groups is 1. The van der Waals surface area contributed by atoms with E-state index in [2.05, 4.69) is 4.90 Å². The molecule has 0 atom stereocenters. The topological polar surface area (TPSA) is 20.3 Å². The van der Waals surface area contributed by atoms with Gasteiger partial charge < -0.3 is 0 Å². The van der Waals surface area contributed by atoms with Gasteiger partial charge in [-0.15, -0.1) is 0 Å². The van der Waals surface area contributed by atoms with E-state index in [1.807, 2.05) is 0 Å². The van der Waals surface area contributed by atoms with Crippen LogP contribution in [-0.4, -0.2) is 29.8 Å². The molecule has 0 radical (unpaired) electrons. The van der Waals surface area contributed by atoms with Gasteiger partial charge in [0.25, 0.3) is 0 Å². The molecule has 0 bridgehead atoms. The molecule has 0 aromatic rings. The van der Waals surface area contributed by atoms with Gasteiger partial charge in [-0.05, 0) is 50.4 Å². The second-order valence-electron chi connectivity index (χ2n) is 6.11. The van der Waals surface area contributed by atoms with E-state index in [9.17, 15) is 4.79 Å². The third kappa shape index (κ3) is 2.85. The van der Waals surface area contributed by atoms with E-state index < -0.39 is 0 Å². The van der Waals surface area contributed by atoms with Crippen molar-refractivity contribution in [1.82, 2.24) is 4.90 Å². The van der Waals surface area contributed by atoms with Crippen molar-refractivity contribution in [3.63, 3.8) is 0 Å². The summed E-state index contributed by atoms with van der Waals surface area (Å²) in [6, 6.07) is 0.735. The first-order valence-corrected chi connectivity index (χ1v) is 7.07. The Morgan fingerprint density at radius 2 is 1.38 bits per heavy atom. The highest BCUT2D eigenvalue weighted by Gasteiger charge is 2.33. The highest BCUT2D eigenvalue weighted by molar-refractivity contribution is 5.79. The first kappa shape index (κ1) is 10.8. The molecular formula is C14H23NO. The fraction of sp³-hybridized carbons (Fsp3) is 0.929. The molecule has 0 aromatic carbocycles. The van der Waals surface area contributed by atoms with Gasteiger partial charge in [-0.2, -0.15) is 0 Å². The highest BCUT2D eigenvalue weighted by Crippen LogP contribution is 2.36. The Kier molecular flexibility index (Phi) is 3.01. The zero-order valence-corrected chi connectivity index (χ0v) is 10.2. The Labute approximate surface area is 98.4 Å². The van der Waals surface area contributed by atoms with Crippen LogP contribution < -0.4 is 0 Å². The Hall–Kier alpha value is -0.370. The van der Waals surface area contributed by atoms with Crippen LogP contribution in [0.3, 0.4) is 0 Å². The van der Waals surface area contributed by atoms with Crippen molar-refractivity contribution in [1.29, 1.82) is 0 Å². The minimum atomic E-state index is 0.494. The summed E-state index contributed by atoms with van der Waals surface area (Å²) in [5.74, 6) is 2.49. The van der Waals surface area contributed by atoms with Gasteiger partial charge in [-0.25, -0.2) is 0 Å². The molecule has 3 fully saturated rings. The Morgan fingerprint density at radius 3 is 1.81 bits per heavy atom. The molecule has 90 valence electrons. The lowest BCUT2D eigenvalue weighted by Gasteiger charge is -2.34. The quantitative estimate of drug-likeness (QED) is 0.711. The molecule has 16 heavy (non-hydrogen) atoms. The molecule has 2 heteroatoms. The SMILES string of the molecule is O=C1CCC(N(CC2CC2)CC2CC2)CC1. The van der Waals surface area contributed by atoms with E-state index in [-0.39, 0.29) is 0 Å². The van der Waals surface area contributed by atoms with Crippen molar-refractivity contribution in [2.75, 3.05) is 13.1 Å². The van der Waals surface area contributed by atoms with E-state index in [0.29, 0.717) is 5.78 Å². The summed E-state index contributed by atoms with van der Waals surface area (Å²) in [5.41, 5.74) is 0. The predicted molar refractivity (Wildman–Crippen MR) is 64.3 cm³/mol. The molecule has 0 N–H and O–H groups in total. The average Bonchev–Trinajstić information content (AvgIpc) is 3.12. The van der Waals surface area contributed by atoms with E-state index in [0.717, 1.165) is 43.6 Å². The standard InChI is InChI=1S/C14H23NO/c16-14-7-5-13(6-8-14)15(9-11-1-2-11)10-12-3-4-12/h11-13H,1-10H2. The Morgan fingerprint density at radius 1 is 0.875 bits per heavy atom. The third-order valence-electron chi connectivity index (χ3n) is 4.41. The van der Waals surface area contributed by atoms with Crippen LogP contribution in [0.2, 0.25) is 0 Å². The lowest BCUT2D eigenvalue weighted by atomic mass is 9.92. The number of hydrogen-bond acceptors (Lipinski definition) is 2. The van der Waals surface area contributed by atoms with Crippen molar-refractivity contribution in [2.24, 2.45) is 11.8 Å². The van der Waals surface area contributed by atoms with Crippen LogP contribution in [-0.2, 0) is 4.79 Å². The molecule has 0 aliphatic heterocycles. The Bertz CT molecular complexity index is 244. The second-order valence-corrected chi connectivity index (χ2v) is 6.11. The molecule has 0 heterocycles. The minimum Gasteiger partial charge on any atom is -0.300 e. The number of hydrogen-bond donors (Lipinski definition) is 0. The van der Waals surface area contributed by atoms with Gasteiger partial charge >= 0.3 is 0 Å². The summed E-state index contributed by atoms with van der Waals surface area (Å²) >= 11 is 0. The minimum absolute atomic E-state index is 0.494. The van der Waals surface area contributed by atoms with Gasteiger partial charge in [0.1, 0.15) is 5.78 Å². The maximum absolute atomic E-state index is 11.3. The van der Waals surface area contributed by atoms with Crippen LogP contribution >= 0.6 is 0 Å². The molecule has 0 spiro atoms. The molecule has 3 aliphatic rings. The van der Waals surface area contributed by atoms with Crippen LogP contribution in [0.1, 0.15) is 51.4 Å². The fourth-order valence-electron chi connectivity index (χ4n) is 2.93. The summed E-state index contributed by atoms with van der Waals surface area (Å²) in [5, 5.41) is 0. The normalized spacial score (nSPS) is 27.7. The molecular weight excluding hydrogens is 198 g/mol. The molecule has 3 rings (SSSR count). The number of rotatable bonds is 5. The van der Waals surface area contributed by atoms with Crippen molar-refractivity contribution < 1.29 is 4.79 Å². The van der Waals surface area contributed by atoms with Crippen LogP contribution in [0.4, 0.5) is 0 Å². The number of Topliss-reactive ketones (excluding diaryl/α,β-unsaturated/α-hetero) is 1. The maximum Gasteiger partial charge on any atom is 0.133 e. The first-order chi connectivity index (χ1) is 7.81. The number of carbonyl (C=O) groups excluding carboxylic acids is 1. The molecule has 0 amide bonds. The van der Waals surface area contributed by atoms with Crippen molar-refractivity contribution >= 4 is 5.78 Å². The fourth-order valence-corrected chi connectivity index (χ4v) is 2.93. The molecule has 2 nitrogen and oxygen atoms in total. The summed E-state index contributed by atoms with van der Waals surface area (Å²) in [4.78, 5) is 14.0. The van der Waals surface area contributed by atoms with Gasteiger partial charge in [-0.3, -0.25) is 9.69 Å². The maximum atomic E-state index is 11.3. The lowest BCUT2D eigenvalue weighted by Crippen LogP contribution is -2.40. The lowest BCUT2D eigenvalue weighted by molar-refractivity contribution is -0.121. The summed E-state index contributed by atoms with van der Waals surface area (Å²) in [6.07, 6.45) is 9.77. The van der Waals surface area contributed by atoms with Gasteiger partial charge in [0.05, 0.1) is 0 Å². The van der Waals surface area contributed by atoms with Crippen LogP contribution in [0.25, 0.3) is 0 Å². The summed E-state index contributed by atoms with van der Waals surface area (Å²) in [6.45, 7) is 2.66. The molecule has 0 aromatic heterocycles. The van der Waals surface area contributed by atoms with Gasteiger partial charge in [0.2, 0.25) is 0 Å². The van der Waals surface area contributed by atoms with Crippen molar-refractivity contribution in [2.45, 2.75) is 57.4 Å². The zero-order chi connectivity index (χ0) is 11.0. The molecule has 0 unspecified atom stereocenters. The van der Waals surface area contributed by atoms with Gasteiger partial charge in [0.15, 0.2) is 0 Å². The number of nitrogens with zero attached hydrogens (tertiary/aromatic N) is 1. The smallest absolute Gasteiger partial charge is 0.133 e. The van der Waals surface area contributed by atoms with Gasteiger partial charge in [0, 0.05) is 32.0 Å². The zero-order valence-electron chi connectivity index (χ0n) is 10.2. The van der Waals surface area contributed by atoms with E-state index >= 15 is 0 Å².